The maximum absolute atomic E-state index is 12.0. The number of nitrogens with zero attached hydrogens (tertiary/aromatic N) is 1. The van der Waals surface area contributed by atoms with Gasteiger partial charge >= 0.3 is 0 Å². The Bertz CT molecular complexity index is 774. The first-order chi connectivity index (χ1) is 12.1. The summed E-state index contributed by atoms with van der Waals surface area (Å²) in [6.45, 7) is 0. The number of para-hydroxylation sites is 1. The minimum atomic E-state index is -0.300. The van der Waals surface area contributed by atoms with Crippen LogP contribution in [0.5, 0.6) is 23.0 Å². The van der Waals surface area contributed by atoms with Gasteiger partial charge in [0.05, 0.1) is 34.0 Å². The first-order valence-corrected chi connectivity index (χ1v) is 7.47. The molecule has 132 valence electrons. The number of rotatable bonds is 7. The van der Waals surface area contributed by atoms with E-state index in [1.807, 2.05) is 0 Å². The summed E-state index contributed by atoms with van der Waals surface area (Å²) in [6.07, 6.45) is 1.48. The van der Waals surface area contributed by atoms with E-state index in [4.69, 9.17) is 14.2 Å². The van der Waals surface area contributed by atoms with Crippen molar-refractivity contribution >= 4 is 12.1 Å². The number of carbonyl (C=O) groups excluding carboxylic acids is 1. The van der Waals surface area contributed by atoms with E-state index in [0.717, 1.165) is 5.56 Å². The fraction of sp³-hybridized carbons (Fsp3) is 0.222. The molecule has 0 saturated heterocycles. The average Bonchev–Trinajstić information content (AvgIpc) is 2.63. The molecule has 2 N–H and O–H groups in total. The first kappa shape index (κ1) is 18.1. The van der Waals surface area contributed by atoms with Crippen LogP contribution in [0.2, 0.25) is 0 Å². The molecule has 7 nitrogen and oxygen atoms in total. The zero-order chi connectivity index (χ0) is 18.2. The van der Waals surface area contributed by atoms with Gasteiger partial charge < -0.3 is 19.3 Å². The molecule has 0 aliphatic rings. The Morgan fingerprint density at radius 3 is 2.48 bits per heavy atom. The van der Waals surface area contributed by atoms with Gasteiger partial charge in [-0.3, -0.25) is 4.79 Å². The highest BCUT2D eigenvalue weighted by molar-refractivity contribution is 5.86. The lowest BCUT2D eigenvalue weighted by Gasteiger charge is -2.09. The van der Waals surface area contributed by atoms with Crippen molar-refractivity contribution in [2.75, 3.05) is 21.3 Å². The Labute approximate surface area is 145 Å². The number of phenolic OH excluding ortho intramolecular Hbond substituents is 1. The van der Waals surface area contributed by atoms with E-state index in [-0.39, 0.29) is 18.1 Å². The number of methoxy groups -OCH3 is 3. The molecular formula is C18H20N2O5. The zero-order valence-corrected chi connectivity index (χ0v) is 14.3. The number of hydrogen-bond donors (Lipinski definition) is 2. The van der Waals surface area contributed by atoms with Crippen molar-refractivity contribution in [3.8, 4) is 23.0 Å². The fourth-order valence-corrected chi connectivity index (χ4v) is 2.20. The standard InChI is InChI=1S/C18H20N2O5/c1-23-14-8-7-12(9-16(14)25-3)10-17(21)20-19-11-13-5-4-6-15(24-2)18(13)22/h4-9,11,22H,10H2,1-3H3,(H,20,21). The smallest absolute Gasteiger partial charge is 0.244 e. The topological polar surface area (TPSA) is 89.4 Å². The van der Waals surface area contributed by atoms with Gasteiger partial charge in [-0.15, -0.1) is 0 Å². The van der Waals surface area contributed by atoms with Gasteiger partial charge in [-0.1, -0.05) is 12.1 Å². The Morgan fingerprint density at radius 2 is 1.80 bits per heavy atom. The van der Waals surface area contributed by atoms with Crippen molar-refractivity contribution in [3.63, 3.8) is 0 Å². The molecule has 2 rings (SSSR count). The summed E-state index contributed by atoms with van der Waals surface area (Å²) >= 11 is 0. The number of hydrogen-bond acceptors (Lipinski definition) is 6. The van der Waals surface area contributed by atoms with Crippen molar-refractivity contribution in [1.29, 1.82) is 0 Å². The van der Waals surface area contributed by atoms with Gasteiger partial charge in [-0.05, 0) is 29.8 Å². The predicted octanol–water partition coefficient (Wildman–Crippen LogP) is 2.11. The van der Waals surface area contributed by atoms with Crippen LogP contribution in [0, 0.1) is 0 Å². The molecule has 0 bridgehead atoms. The third-order valence-electron chi connectivity index (χ3n) is 3.46. The third-order valence-corrected chi connectivity index (χ3v) is 3.46. The molecule has 7 heteroatoms. The highest BCUT2D eigenvalue weighted by Gasteiger charge is 2.08. The highest BCUT2D eigenvalue weighted by Crippen LogP contribution is 2.28. The number of carbonyl (C=O) groups is 1. The van der Waals surface area contributed by atoms with Crippen LogP contribution in [0.3, 0.4) is 0 Å². The molecule has 2 aromatic rings. The number of nitrogens with one attached hydrogen (secondary N) is 1. The summed E-state index contributed by atoms with van der Waals surface area (Å²) in [4.78, 5) is 12.0. The number of aromatic hydroxyl groups is 1. The van der Waals surface area contributed by atoms with E-state index in [1.54, 1.807) is 43.5 Å². The predicted molar refractivity (Wildman–Crippen MR) is 93.6 cm³/mol. The minimum Gasteiger partial charge on any atom is -0.504 e. The van der Waals surface area contributed by atoms with E-state index in [0.29, 0.717) is 22.8 Å². The fourth-order valence-electron chi connectivity index (χ4n) is 2.20. The zero-order valence-electron chi connectivity index (χ0n) is 14.3. The second-order valence-electron chi connectivity index (χ2n) is 5.06. The van der Waals surface area contributed by atoms with Crippen LogP contribution in [-0.4, -0.2) is 38.6 Å². The summed E-state index contributed by atoms with van der Waals surface area (Å²) < 4.78 is 15.4. The van der Waals surface area contributed by atoms with Crippen molar-refractivity contribution in [1.82, 2.24) is 5.43 Å². The normalized spacial score (nSPS) is 10.5. The third kappa shape index (κ3) is 4.63. The molecule has 0 aromatic heterocycles. The van der Waals surface area contributed by atoms with E-state index in [1.165, 1.54) is 20.4 Å². The molecule has 0 saturated carbocycles. The second-order valence-corrected chi connectivity index (χ2v) is 5.06. The number of benzene rings is 2. The number of ether oxygens (including phenoxy) is 3. The first-order valence-electron chi connectivity index (χ1n) is 7.47. The van der Waals surface area contributed by atoms with Crippen LogP contribution in [-0.2, 0) is 11.2 Å². The molecule has 0 fully saturated rings. The van der Waals surface area contributed by atoms with Crippen LogP contribution in [0.15, 0.2) is 41.5 Å². The molecule has 0 aliphatic heterocycles. The van der Waals surface area contributed by atoms with Crippen LogP contribution in [0.4, 0.5) is 0 Å². The maximum Gasteiger partial charge on any atom is 0.244 e. The molecule has 0 radical (unpaired) electrons. The van der Waals surface area contributed by atoms with E-state index >= 15 is 0 Å². The van der Waals surface area contributed by atoms with Gasteiger partial charge in [-0.25, -0.2) is 5.43 Å². The summed E-state index contributed by atoms with van der Waals surface area (Å²) in [5.74, 6) is 1.14. The van der Waals surface area contributed by atoms with Crippen molar-refractivity contribution in [2.45, 2.75) is 6.42 Å². The molecule has 1 amide bonds. The Kier molecular flexibility index (Phi) is 6.22. The summed E-state index contributed by atoms with van der Waals surface area (Å²) in [6, 6.07) is 10.2. The lowest BCUT2D eigenvalue weighted by atomic mass is 10.1. The Balaban J connectivity index is 1.99. The van der Waals surface area contributed by atoms with Crippen LogP contribution in [0.1, 0.15) is 11.1 Å². The van der Waals surface area contributed by atoms with Crippen LogP contribution < -0.4 is 19.6 Å². The van der Waals surface area contributed by atoms with Gasteiger partial charge in [0.25, 0.3) is 0 Å². The number of hydrazone groups is 1. The molecular weight excluding hydrogens is 324 g/mol. The molecule has 0 atom stereocenters. The molecule has 0 heterocycles. The largest absolute Gasteiger partial charge is 0.504 e. The van der Waals surface area contributed by atoms with E-state index in [9.17, 15) is 9.90 Å². The monoisotopic (exact) mass is 344 g/mol. The van der Waals surface area contributed by atoms with Gasteiger partial charge in [0.2, 0.25) is 5.91 Å². The van der Waals surface area contributed by atoms with Gasteiger partial charge in [0.15, 0.2) is 23.0 Å². The SMILES string of the molecule is COc1ccc(CC(=O)NN=Cc2cccc(OC)c2O)cc1OC. The van der Waals surface area contributed by atoms with Gasteiger partial charge in [0.1, 0.15) is 0 Å². The Morgan fingerprint density at radius 1 is 1.08 bits per heavy atom. The van der Waals surface area contributed by atoms with Crippen LogP contribution >= 0.6 is 0 Å². The summed E-state index contributed by atoms with van der Waals surface area (Å²) in [5, 5.41) is 13.8. The van der Waals surface area contributed by atoms with E-state index in [2.05, 4.69) is 10.5 Å². The minimum absolute atomic E-state index is 0.0390. The quantitative estimate of drug-likeness (QED) is 0.593. The van der Waals surface area contributed by atoms with Crippen LogP contribution in [0.25, 0.3) is 0 Å². The molecule has 0 unspecified atom stereocenters. The van der Waals surface area contributed by atoms with Crippen molar-refractivity contribution in [2.24, 2.45) is 5.10 Å². The molecule has 0 spiro atoms. The molecule has 25 heavy (non-hydrogen) atoms. The lowest BCUT2D eigenvalue weighted by molar-refractivity contribution is -0.120. The Hall–Kier alpha value is -3.22. The lowest BCUT2D eigenvalue weighted by Crippen LogP contribution is -2.19. The summed E-state index contributed by atoms with van der Waals surface area (Å²) in [7, 11) is 4.54. The average molecular weight is 344 g/mol. The number of amides is 1. The van der Waals surface area contributed by atoms with Crippen molar-refractivity contribution < 1.29 is 24.1 Å². The summed E-state index contributed by atoms with van der Waals surface area (Å²) in [5.41, 5.74) is 3.61. The van der Waals surface area contributed by atoms with Gasteiger partial charge in [0, 0.05) is 5.56 Å². The second kappa shape index (κ2) is 8.58. The molecule has 2 aromatic carbocycles. The van der Waals surface area contributed by atoms with Crippen molar-refractivity contribution in [3.05, 3.63) is 47.5 Å². The van der Waals surface area contributed by atoms with Gasteiger partial charge in [-0.2, -0.15) is 5.10 Å². The maximum atomic E-state index is 12.0. The highest BCUT2D eigenvalue weighted by atomic mass is 16.5. The van der Waals surface area contributed by atoms with E-state index < -0.39 is 0 Å². The molecule has 0 aliphatic carbocycles. The number of phenols is 1.